The third-order valence-electron chi connectivity index (χ3n) is 4.03. The maximum absolute atomic E-state index is 12.3. The Morgan fingerprint density at radius 2 is 1.92 bits per heavy atom. The first-order valence-corrected chi connectivity index (χ1v) is 8.91. The van der Waals surface area contributed by atoms with E-state index in [-0.39, 0.29) is 24.5 Å². The number of carbonyl (C=O) groups excluding carboxylic acids is 2. The van der Waals surface area contributed by atoms with Crippen LogP contribution in [0.15, 0.2) is 18.2 Å². The van der Waals surface area contributed by atoms with Gasteiger partial charge in [-0.1, -0.05) is 11.6 Å². The van der Waals surface area contributed by atoms with Gasteiger partial charge in [-0.3, -0.25) is 14.5 Å². The molecule has 1 aliphatic rings. The van der Waals surface area contributed by atoms with E-state index in [1.807, 2.05) is 26.8 Å². The number of hydrogen-bond donors (Lipinski definition) is 1. The smallest absolute Gasteiger partial charge is 0.260 e. The van der Waals surface area contributed by atoms with Crippen molar-refractivity contribution >= 4 is 23.4 Å². The largest absolute Gasteiger partial charge is 0.483 e. The van der Waals surface area contributed by atoms with Crippen LogP contribution >= 0.6 is 11.6 Å². The van der Waals surface area contributed by atoms with E-state index in [0.29, 0.717) is 43.5 Å². The lowest BCUT2D eigenvalue weighted by molar-refractivity contribution is -0.135. The fourth-order valence-electron chi connectivity index (χ4n) is 2.73. The molecule has 2 rings (SSSR count). The van der Waals surface area contributed by atoms with Crippen molar-refractivity contribution in [2.75, 3.05) is 39.3 Å². The summed E-state index contributed by atoms with van der Waals surface area (Å²) in [7, 11) is 0. The maximum Gasteiger partial charge on any atom is 0.260 e. The minimum atomic E-state index is -0.0411. The van der Waals surface area contributed by atoms with Crippen molar-refractivity contribution < 1.29 is 14.3 Å². The topological polar surface area (TPSA) is 61.9 Å². The zero-order valence-electron chi connectivity index (χ0n) is 15.0. The summed E-state index contributed by atoms with van der Waals surface area (Å²) in [5, 5.41) is 3.53. The van der Waals surface area contributed by atoms with Crippen LogP contribution < -0.4 is 10.1 Å². The standard InChI is InChI=1S/C18H26ClN3O3/c1-13(2)20-17(23)11-21-6-8-22(9-7-21)18(24)12-25-16-5-4-15(19)10-14(16)3/h4-5,10,13H,6-9,11-12H2,1-3H3,(H,20,23). The fraction of sp³-hybridized carbons (Fsp3) is 0.556. The van der Waals surface area contributed by atoms with Crippen molar-refractivity contribution in [1.82, 2.24) is 15.1 Å². The summed E-state index contributed by atoms with van der Waals surface area (Å²) in [4.78, 5) is 27.9. The first-order chi connectivity index (χ1) is 11.8. The average Bonchev–Trinajstić information content (AvgIpc) is 2.53. The average molecular weight is 368 g/mol. The zero-order chi connectivity index (χ0) is 18.4. The third-order valence-corrected chi connectivity index (χ3v) is 4.27. The first-order valence-electron chi connectivity index (χ1n) is 8.53. The van der Waals surface area contributed by atoms with Gasteiger partial charge in [-0.05, 0) is 44.5 Å². The molecule has 0 aromatic heterocycles. The Bertz CT molecular complexity index is 614. The predicted octanol–water partition coefficient (Wildman–Crippen LogP) is 1.70. The van der Waals surface area contributed by atoms with Gasteiger partial charge >= 0.3 is 0 Å². The number of rotatable bonds is 6. The number of halogens is 1. The summed E-state index contributed by atoms with van der Waals surface area (Å²) in [6, 6.07) is 5.47. The molecule has 1 N–H and O–H groups in total. The molecule has 7 heteroatoms. The molecule has 0 unspecified atom stereocenters. The molecule has 0 radical (unpaired) electrons. The second kappa shape index (κ2) is 9.06. The summed E-state index contributed by atoms with van der Waals surface area (Å²) in [6.45, 7) is 8.76. The quantitative estimate of drug-likeness (QED) is 0.831. The van der Waals surface area contributed by atoms with Gasteiger partial charge in [-0.25, -0.2) is 0 Å². The van der Waals surface area contributed by atoms with Crippen LogP contribution in [0, 0.1) is 6.92 Å². The Kier molecular flexibility index (Phi) is 7.08. The predicted molar refractivity (Wildman–Crippen MR) is 98.0 cm³/mol. The van der Waals surface area contributed by atoms with Crippen molar-refractivity contribution in [1.29, 1.82) is 0 Å². The van der Waals surface area contributed by atoms with Crippen molar-refractivity contribution in [3.8, 4) is 5.75 Å². The molecule has 1 aromatic rings. The van der Waals surface area contributed by atoms with Crippen LogP contribution in [0.3, 0.4) is 0 Å². The van der Waals surface area contributed by atoms with Gasteiger partial charge in [0.1, 0.15) is 5.75 Å². The highest BCUT2D eigenvalue weighted by molar-refractivity contribution is 6.30. The molecule has 1 heterocycles. The number of aryl methyl sites for hydroxylation is 1. The van der Waals surface area contributed by atoms with Gasteiger partial charge in [0.2, 0.25) is 5.91 Å². The van der Waals surface area contributed by atoms with Gasteiger partial charge < -0.3 is 15.0 Å². The van der Waals surface area contributed by atoms with E-state index >= 15 is 0 Å². The molecule has 1 aromatic carbocycles. The van der Waals surface area contributed by atoms with Crippen molar-refractivity contribution in [2.45, 2.75) is 26.8 Å². The van der Waals surface area contributed by atoms with Gasteiger partial charge in [0.05, 0.1) is 6.54 Å². The van der Waals surface area contributed by atoms with Crippen molar-refractivity contribution in [3.63, 3.8) is 0 Å². The SMILES string of the molecule is Cc1cc(Cl)ccc1OCC(=O)N1CCN(CC(=O)NC(C)C)CC1. The fourth-order valence-corrected chi connectivity index (χ4v) is 2.96. The molecule has 1 aliphatic heterocycles. The number of nitrogens with one attached hydrogen (secondary N) is 1. The molecule has 138 valence electrons. The molecule has 2 amide bonds. The van der Waals surface area contributed by atoms with Gasteiger partial charge in [-0.15, -0.1) is 0 Å². The zero-order valence-corrected chi connectivity index (χ0v) is 15.8. The minimum absolute atomic E-state index is 0.0102. The molecule has 6 nitrogen and oxygen atoms in total. The molecular weight excluding hydrogens is 342 g/mol. The number of carbonyl (C=O) groups is 2. The molecular formula is C18H26ClN3O3. The highest BCUT2D eigenvalue weighted by Gasteiger charge is 2.22. The van der Waals surface area contributed by atoms with Crippen LogP contribution in [-0.2, 0) is 9.59 Å². The Morgan fingerprint density at radius 1 is 1.24 bits per heavy atom. The Labute approximate surface area is 154 Å². The highest BCUT2D eigenvalue weighted by atomic mass is 35.5. The maximum atomic E-state index is 12.3. The van der Waals surface area contributed by atoms with E-state index < -0.39 is 0 Å². The number of amides is 2. The van der Waals surface area contributed by atoms with Crippen LogP contribution in [0.1, 0.15) is 19.4 Å². The second-order valence-electron chi connectivity index (χ2n) is 6.58. The summed E-state index contributed by atoms with van der Waals surface area (Å²) in [5.74, 6) is 0.652. The summed E-state index contributed by atoms with van der Waals surface area (Å²) >= 11 is 5.91. The van der Waals surface area contributed by atoms with Crippen molar-refractivity contribution in [2.24, 2.45) is 0 Å². The molecule has 0 atom stereocenters. The van der Waals surface area contributed by atoms with Gasteiger partial charge in [-0.2, -0.15) is 0 Å². The normalized spacial score (nSPS) is 15.3. The highest BCUT2D eigenvalue weighted by Crippen LogP contribution is 2.21. The van der Waals surface area contributed by atoms with E-state index in [1.54, 1.807) is 17.0 Å². The van der Waals surface area contributed by atoms with Gasteiger partial charge in [0.25, 0.3) is 5.91 Å². The summed E-state index contributed by atoms with van der Waals surface area (Å²) < 4.78 is 5.61. The number of benzene rings is 1. The van der Waals surface area contributed by atoms with E-state index in [9.17, 15) is 9.59 Å². The first kappa shape index (κ1) is 19.5. The van der Waals surface area contributed by atoms with E-state index in [2.05, 4.69) is 10.2 Å². The lowest BCUT2D eigenvalue weighted by Crippen LogP contribution is -2.52. The van der Waals surface area contributed by atoms with Gasteiger partial charge in [0, 0.05) is 37.2 Å². The number of nitrogens with zero attached hydrogens (tertiary/aromatic N) is 2. The lowest BCUT2D eigenvalue weighted by atomic mass is 10.2. The van der Waals surface area contributed by atoms with E-state index in [4.69, 9.17) is 16.3 Å². The van der Waals surface area contributed by atoms with Crippen LogP contribution in [0.4, 0.5) is 0 Å². The molecule has 0 aliphatic carbocycles. The molecule has 1 fully saturated rings. The Balaban J connectivity index is 1.74. The number of piperazine rings is 1. The van der Waals surface area contributed by atoms with Crippen molar-refractivity contribution in [3.05, 3.63) is 28.8 Å². The summed E-state index contributed by atoms with van der Waals surface area (Å²) in [5.41, 5.74) is 0.904. The molecule has 0 bridgehead atoms. The number of ether oxygens (including phenoxy) is 1. The van der Waals surface area contributed by atoms with Crippen LogP contribution in [0.25, 0.3) is 0 Å². The Morgan fingerprint density at radius 3 is 2.52 bits per heavy atom. The molecule has 0 saturated carbocycles. The van der Waals surface area contributed by atoms with Gasteiger partial charge in [0.15, 0.2) is 6.61 Å². The molecule has 0 spiro atoms. The minimum Gasteiger partial charge on any atom is -0.483 e. The Hall–Kier alpha value is -1.79. The lowest BCUT2D eigenvalue weighted by Gasteiger charge is -2.34. The monoisotopic (exact) mass is 367 g/mol. The summed E-state index contributed by atoms with van der Waals surface area (Å²) in [6.07, 6.45) is 0. The van der Waals surface area contributed by atoms with Crippen LogP contribution in [0.5, 0.6) is 5.75 Å². The second-order valence-corrected chi connectivity index (χ2v) is 7.01. The van der Waals surface area contributed by atoms with E-state index in [0.717, 1.165) is 5.56 Å². The van der Waals surface area contributed by atoms with Crippen LogP contribution in [-0.4, -0.2) is 67.0 Å². The van der Waals surface area contributed by atoms with E-state index in [1.165, 1.54) is 0 Å². The molecule has 25 heavy (non-hydrogen) atoms. The number of hydrogen-bond acceptors (Lipinski definition) is 4. The van der Waals surface area contributed by atoms with Crippen LogP contribution in [0.2, 0.25) is 5.02 Å². The third kappa shape index (κ3) is 6.21. The molecule has 1 saturated heterocycles.